The lowest BCUT2D eigenvalue weighted by atomic mass is 10.1. The van der Waals surface area contributed by atoms with E-state index in [1.165, 1.54) is 0 Å². The number of hydrazine groups is 2. The maximum atomic E-state index is 11.1. The fourth-order valence-corrected chi connectivity index (χ4v) is 2.28. The molecule has 6 nitrogen and oxygen atoms in total. The molecule has 2 aromatic carbocycles. The van der Waals surface area contributed by atoms with E-state index >= 15 is 0 Å². The second-order valence-corrected chi connectivity index (χ2v) is 5.26. The third-order valence-corrected chi connectivity index (χ3v) is 3.48. The van der Waals surface area contributed by atoms with Gasteiger partial charge >= 0.3 is 5.97 Å². The summed E-state index contributed by atoms with van der Waals surface area (Å²) in [5.74, 6) is 5.77. The Kier molecular flexibility index (Phi) is 5.08. The lowest BCUT2D eigenvalue weighted by molar-refractivity contribution is -0.141. The van der Waals surface area contributed by atoms with E-state index in [1.54, 1.807) is 12.1 Å². The molecule has 0 amide bonds. The summed E-state index contributed by atoms with van der Waals surface area (Å²) in [6.45, 7) is 0. The van der Waals surface area contributed by atoms with Crippen LogP contribution >= 0.6 is 0 Å². The van der Waals surface area contributed by atoms with Crippen LogP contribution in [0.15, 0.2) is 54.6 Å². The second kappa shape index (κ2) is 7.62. The van der Waals surface area contributed by atoms with Crippen LogP contribution in [-0.2, 0) is 11.2 Å². The Morgan fingerprint density at radius 3 is 2.75 bits per heavy atom. The highest BCUT2D eigenvalue weighted by Crippen LogP contribution is 2.15. The number of ether oxygens (including phenoxy) is 1. The Hall–Kier alpha value is -2.85. The summed E-state index contributed by atoms with van der Waals surface area (Å²) in [5, 5.41) is 9.10. The first-order valence-corrected chi connectivity index (χ1v) is 7.51. The molecule has 1 fully saturated rings. The smallest absolute Gasteiger partial charge is 0.327 e. The molecule has 1 aliphatic heterocycles. The van der Waals surface area contributed by atoms with Gasteiger partial charge in [0.15, 0.2) is 12.3 Å². The largest absolute Gasteiger partial charge is 0.480 e. The van der Waals surface area contributed by atoms with Gasteiger partial charge in [-0.25, -0.2) is 10.9 Å². The lowest BCUT2D eigenvalue weighted by Gasteiger charge is -2.16. The van der Waals surface area contributed by atoms with Crippen molar-refractivity contribution in [1.82, 2.24) is 16.4 Å². The van der Waals surface area contributed by atoms with Gasteiger partial charge in [0.05, 0.1) is 0 Å². The summed E-state index contributed by atoms with van der Waals surface area (Å²) >= 11 is 0. The van der Waals surface area contributed by atoms with Crippen LogP contribution in [0.5, 0.6) is 5.75 Å². The van der Waals surface area contributed by atoms with Gasteiger partial charge in [-0.1, -0.05) is 48.2 Å². The number of rotatable bonds is 4. The van der Waals surface area contributed by atoms with Crippen molar-refractivity contribution in [3.63, 3.8) is 0 Å². The average molecular weight is 323 g/mol. The standard InChI is InChI=1S/C18H17N3O3/c22-18(23)16-17(20-21-19-16)24-15-11-5-10-14(12-15)9-4-8-13-6-2-1-3-7-13/h1-3,5-7,10-12,16-17,19-21H,8H2,(H,22,23). The highest BCUT2D eigenvalue weighted by molar-refractivity contribution is 5.74. The van der Waals surface area contributed by atoms with Gasteiger partial charge in [-0.05, 0) is 23.8 Å². The molecule has 0 saturated carbocycles. The SMILES string of the molecule is O=C(O)C1NNNC1Oc1cccc(C#CCc2ccccc2)c1. The van der Waals surface area contributed by atoms with E-state index in [9.17, 15) is 4.79 Å². The summed E-state index contributed by atoms with van der Waals surface area (Å²) in [6.07, 6.45) is -0.0413. The van der Waals surface area contributed by atoms with Crippen LogP contribution in [0.1, 0.15) is 11.1 Å². The molecule has 2 atom stereocenters. The van der Waals surface area contributed by atoms with Crippen molar-refractivity contribution in [2.75, 3.05) is 0 Å². The number of carbonyl (C=O) groups is 1. The van der Waals surface area contributed by atoms with Gasteiger partial charge in [-0.2, -0.15) is 5.53 Å². The molecule has 0 radical (unpaired) electrons. The van der Waals surface area contributed by atoms with Gasteiger partial charge in [0.2, 0.25) is 0 Å². The fourth-order valence-electron chi connectivity index (χ4n) is 2.28. The van der Waals surface area contributed by atoms with Crippen LogP contribution in [-0.4, -0.2) is 23.3 Å². The third kappa shape index (κ3) is 4.12. The molecule has 2 unspecified atom stereocenters. The Labute approximate surface area is 139 Å². The van der Waals surface area contributed by atoms with Gasteiger partial charge < -0.3 is 9.84 Å². The second-order valence-electron chi connectivity index (χ2n) is 5.26. The third-order valence-electron chi connectivity index (χ3n) is 3.48. The molecule has 1 saturated heterocycles. The number of benzene rings is 2. The maximum Gasteiger partial charge on any atom is 0.327 e. The minimum atomic E-state index is -1.00. The van der Waals surface area contributed by atoms with E-state index < -0.39 is 18.2 Å². The summed E-state index contributed by atoms with van der Waals surface area (Å²) in [7, 11) is 0. The molecule has 4 N–H and O–H groups in total. The van der Waals surface area contributed by atoms with Crippen molar-refractivity contribution in [3.8, 4) is 17.6 Å². The van der Waals surface area contributed by atoms with Gasteiger partial charge in [0.1, 0.15) is 5.75 Å². The number of hydrogen-bond acceptors (Lipinski definition) is 5. The van der Waals surface area contributed by atoms with Crippen LogP contribution in [0.25, 0.3) is 0 Å². The molecule has 6 heteroatoms. The zero-order valence-electron chi connectivity index (χ0n) is 12.8. The molecule has 0 spiro atoms. The molecular formula is C18H17N3O3. The molecule has 3 rings (SSSR count). The first kappa shape index (κ1) is 16.0. The monoisotopic (exact) mass is 323 g/mol. The van der Waals surface area contributed by atoms with Crippen molar-refractivity contribution in [2.45, 2.75) is 18.7 Å². The van der Waals surface area contributed by atoms with E-state index in [4.69, 9.17) is 9.84 Å². The van der Waals surface area contributed by atoms with Crippen molar-refractivity contribution < 1.29 is 14.6 Å². The van der Waals surface area contributed by atoms with Gasteiger partial charge in [-0.3, -0.25) is 4.79 Å². The first-order valence-electron chi connectivity index (χ1n) is 7.51. The van der Waals surface area contributed by atoms with E-state index in [1.807, 2.05) is 42.5 Å². The zero-order chi connectivity index (χ0) is 16.8. The highest BCUT2D eigenvalue weighted by Gasteiger charge is 2.34. The minimum absolute atomic E-state index is 0.552. The van der Waals surface area contributed by atoms with E-state index in [0.717, 1.165) is 11.1 Å². The topological polar surface area (TPSA) is 82.6 Å². The van der Waals surface area contributed by atoms with Crippen molar-refractivity contribution >= 4 is 5.97 Å². The lowest BCUT2D eigenvalue weighted by Crippen LogP contribution is -2.44. The first-order chi connectivity index (χ1) is 11.7. The van der Waals surface area contributed by atoms with Gasteiger partial charge in [0, 0.05) is 12.0 Å². The van der Waals surface area contributed by atoms with E-state index in [-0.39, 0.29) is 0 Å². The maximum absolute atomic E-state index is 11.1. The van der Waals surface area contributed by atoms with Crippen LogP contribution in [0.4, 0.5) is 0 Å². The molecule has 24 heavy (non-hydrogen) atoms. The summed E-state index contributed by atoms with van der Waals surface area (Å²) in [6, 6.07) is 16.4. The molecule has 2 aromatic rings. The number of nitrogens with one attached hydrogen (secondary N) is 3. The normalized spacial score (nSPS) is 19.3. The number of carboxylic acid groups (broad SMARTS) is 1. The molecule has 0 aliphatic carbocycles. The van der Waals surface area contributed by atoms with Crippen molar-refractivity contribution in [2.24, 2.45) is 0 Å². The Bertz CT molecular complexity index is 768. The molecule has 1 heterocycles. The fraction of sp³-hybridized carbons (Fsp3) is 0.167. The quantitative estimate of drug-likeness (QED) is 0.630. The Morgan fingerprint density at radius 1 is 1.12 bits per heavy atom. The molecule has 122 valence electrons. The summed E-state index contributed by atoms with van der Waals surface area (Å²) in [5.41, 5.74) is 9.83. The Balaban J connectivity index is 1.65. The zero-order valence-corrected chi connectivity index (χ0v) is 12.8. The van der Waals surface area contributed by atoms with Gasteiger partial charge in [0.25, 0.3) is 0 Å². The molecule has 1 aliphatic rings. The summed E-state index contributed by atoms with van der Waals surface area (Å²) in [4.78, 5) is 11.1. The van der Waals surface area contributed by atoms with Crippen LogP contribution in [0.3, 0.4) is 0 Å². The van der Waals surface area contributed by atoms with Crippen LogP contribution in [0.2, 0.25) is 0 Å². The number of carboxylic acids is 1. The van der Waals surface area contributed by atoms with E-state index in [0.29, 0.717) is 12.2 Å². The summed E-state index contributed by atoms with van der Waals surface area (Å²) < 4.78 is 5.67. The van der Waals surface area contributed by atoms with Crippen molar-refractivity contribution in [1.29, 1.82) is 0 Å². The van der Waals surface area contributed by atoms with E-state index in [2.05, 4.69) is 28.2 Å². The van der Waals surface area contributed by atoms with Crippen LogP contribution in [0, 0.1) is 11.8 Å². The predicted octanol–water partition coefficient (Wildman–Crippen LogP) is 1.05. The Morgan fingerprint density at radius 2 is 1.96 bits per heavy atom. The van der Waals surface area contributed by atoms with Crippen molar-refractivity contribution in [3.05, 3.63) is 65.7 Å². The molecule has 0 aromatic heterocycles. The average Bonchev–Trinajstić information content (AvgIpc) is 3.05. The molecule has 0 bridgehead atoms. The number of aliphatic carboxylic acids is 1. The highest BCUT2D eigenvalue weighted by atomic mass is 16.5. The minimum Gasteiger partial charge on any atom is -0.480 e. The van der Waals surface area contributed by atoms with Gasteiger partial charge in [-0.15, -0.1) is 0 Å². The van der Waals surface area contributed by atoms with Crippen LogP contribution < -0.4 is 21.1 Å². The predicted molar refractivity (Wildman–Crippen MR) is 88.7 cm³/mol. The molecular weight excluding hydrogens is 306 g/mol. The number of hydrogen-bond donors (Lipinski definition) is 4.